The summed E-state index contributed by atoms with van der Waals surface area (Å²) in [5, 5.41) is 0.646. The molecule has 1 atom stereocenters. The van der Waals surface area contributed by atoms with E-state index in [2.05, 4.69) is 4.74 Å². The number of esters is 2. The van der Waals surface area contributed by atoms with Gasteiger partial charge in [-0.05, 0) is 30.5 Å². The minimum Gasteiger partial charge on any atom is -0.469 e. The molecule has 0 saturated heterocycles. The van der Waals surface area contributed by atoms with Crippen LogP contribution in [-0.2, 0) is 25.5 Å². The summed E-state index contributed by atoms with van der Waals surface area (Å²) in [5.41, 5.74) is 0.977. The summed E-state index contributed by atoms with van der Waals surface area (Å²) in [6.07, 6.45) is 1.12. The van der Waals surface area contributed by atoms with Crippen LogP contribution in [0.5, 0.6) is 0 Å². The highest BCUT2D eigenvalue weighted by molar-refractivity contribution is 6.30. The maximum absolute atomic E-state index is 11.7. The largest absolute Gasteiger partial charge is 0.469 e. The Morgan fingerprint density at radius 1 is 1.16 bits per heavy atom. The van der Waals surface area contributed by atoms with Crippen molar-refractivity contribution >= 4 is 23.5 Å². The molecule has 0 saturated carbocycles. The van der Waals surface area contributed by atoms with Crippen LogP contribution in [-0.4, -0.2) is 26.2 Å². The SMILES string of the molecule is COC(=O)CCC(Cc1ccc(Cl)cc1)C(=O)OC. The highest BCUT2D eigenvalue weighted by atomic mass is 35.5. The van der Waals surface area contributed by atoms with E-state index in [-0.39, 0.29) is 24.3 Å². The van der Waals surface area contributed by atoms with Gasteiger partial charge in [-0.1, -0.05) is 23.7 Å². The summed E-state index contributed by atoms with van der Waals surface area (Å²) in [6, 6.07) is 7.25. The Bertz CT molecular complexity index is 428. The molecular formula is C14H17ClO4. The molecular weight excluding hydrogens is 268 g/mol. The number of hydrogen-bond donors (Lipinski definition) is 0. The van der Waals surface area contributed by atoms with Crippen LogP contribution in [0.3, 0.4) is 0 Å². The first kappa shape index (κ1) is 15.5. The summed E-state index contributed by atoms with van der Waals surface area (Å²) in [5.74, 6) is -1.01. The first-order valence-corrected chi connectivity index (χ1v) is 6.33. The Labute approximate surface area is 117 Å². The highest BCUT2D eigenvalue weighted by Gasteiger charge is 2.21. The molecule has 0 N–H and O–H groups in total. The zero-order valence-corrected chi connectivity index (χ0v) is 11.8. The van der Waals surface area contributed by atoms with Crippen LogP contribution >= 0.6 is 11.6 Å². The van der Waals surface area contributed by atoms with E-state index < -0.39 is 0 Å². The van der Waals surface area contributed by atoms with E-state index in [1.165, 1.54) is 14.2 Å². The molecule has 0 heterocycles. The standard InChI is InChI=1S/C14H17ClO4/c1-18-13(16)8-5-11(14(17)19-2)9-10-3-6-12(15)7-4-10/h3-4,6-7,11H,5,8-9H2,1-2H3. The fourth-order valence-electron chi connectivity index (χ4n) is 1.77. The van der Waals surface area contributed by atoms with Gasteiger partial charge < -0.3 is 9.47 Å². The summed E-state index contributed by atoms with van der Waals surface area (Å²) < 4.78 is 9.33. The van der Waals surface area contributed by atoms with Crippen molar-refractivity contribution in [1.82, 2.24) is 0 Å². The number of halogens is 1. The molecule has 0 aliphatic carbocycles. The molecule has 0 fully saturated rings. The number of rotatable bonds is 6. The van der Waals surface area contributed by atoms with E-state index in [9.17, 15) is 9.59 Å². The predicted octanol–water partition coefficient (Wildman–Crippen LogP) is 2.62. The van der Waals surface area contributed by atoms with Gasteiger partial charge in [-0.2, -0.15) is 0 Å². The molecule has 1 rings (SSSR count). The number of hydrogen-bond acceptors (Lipinski definition) is 4. The Kier molecular flexibility index (Phi) is 6.36. The second-order valence-corrected chi connectivity index (χ2v) is 4.60. The summed E-state index contributed by atoms with van der Waals surface area (Å²) in [7, 11) is 2.67. The fraction of sp³-hybridized carbons (Fsp3) is 0.429. The van der Waals surface area contributed by atoms with Crippen molar-refractivity contribution < 1.29 is 19.1 Å². The third kappa shape index (κ3) is 5.30. The second kappa shape index (κ2) is 7.79. The molecule has 1 unspecified atom stereocenters. The van der Waals surface area contributed by atoms with Crippen LogP contribution < -0.4 is 0 Å². The smallest absolute Gasteiger partial charge is 0.309 e. The number of methoxy groups -OCH3 is 2. The van der Waals surface area contributed by atoms with Crippen molar-refractivity contribution in [2.24, 2.45) is 5.92 Å². The molecule has 0 amide bonds. The molecule has 4 nitrogen and oxygen atoms in total. The Balaban J connectivity index is 2.66. The van der Waals surface area contributed by atoms with Crippen LogP contribution in [0.2, 0.25) is 5.02 Å². The molecule has 0 aromatic heterocycles. The third-order valence-electron chi connectivity index (χ3n) is 2.85. The number of carbonyl (C=O) groups is 2. The van der Waals surface area contributed by atoms with Gasteiger partial charge in [0.05, 0.1) is 20.1 Å². The van der Waals surface area contributed by atoms with Crippen LogP contribution in [0.4, 0.5) is 0 Å². The third-order valence-corrected chi connectivity index (χ3v) is 3.11. The number of carbonyl (C=O) groups excluding carboxylic acids is 2. The Hall–Kier alpha value is -1.55. The van der Waals surface area contributed by atoms with Crippen molar-refractivity contribution in [1.29, 1.82) is 0 Å². The molecule has 5 heteroatoms. The van der Waals surface area contributed by atoms with E-state index in [1.54, 1.807) is 12.1 Å². The topological polar surface area (TPSA) is 52.6 Å². The van der Waals surface area contributed by atoms with Crippen molar-refractivity contribution in [3.05, 3.63) is 34.9 Å². The minimum atomic E-state index is -0.356. The highest BCUT2D eigenvalue weighted by Crippen LogP contribution is 2.18. The van der Waals surface area contributed by atoms with Gasteiger partial charge in [0.25, 0.3) is 0 Å². The first-order chi connectivity index (χ1) is 9.06. The van der Waals surface area contributed by atoms with Gasteiger partial charge in [0.2, 0.25) is 0 Å². The van der Waals surface area contributed by atoms with E-state index in [1.807, 2.05) is 12.1 Å². The zero-order chi connectivity index (χ0) is 14.3. The lowest BCUT2D eigenvalue weighted by atomic mass is 9.95. The predicted molar refractivity (Wildman–Crippen MR) is 71.9 cm³/mol. The monoisotopic (exact) mass is 284 g/mol. The fourth-order valence-corrected chi connectivity index (χ4v) is 1.90. The molecule has 19 heavy (non-hydrogen) atoms. The lowest BCUT2D eigenvalue weighted by Gasteiger charge is -2.14. The molecule has 1 aromatic rings. The van der Waals surface area contributed by atoms with Gasteiger partial charge in [0.15, 0.2) is 0 Å². The van der Waals surface area contributed by atoms with Gasteiger partial charge in [-0.25, -0.2) is 0 Å². The first-order valence-electron chi connectivity index (χ1n) is 5.96. The van der Waals surface area contributed by atoms with Crippen molar-refractivity contribution in [2.75, 3.05) is 14.2 Å². The molecule has 1 aromatic carbocycles. The average Bonchev–Trinajstić information content (AvgIpc) is 2.44. The number of ether oxygens (including phenoxy) is 2. The van der Waals surface area contributed by atoms with Crippen LogP contribution in [0, 0.1) is 5.92 Å². The Morgan fingerprint density at radius 3 is 2.32 bits per heavy atom. The van der Waals surface area contributed by atoms with Crippen LogP contribution in [0.25, 0.3) is 0 Å². The minimum absolute atomic E-state index is 0.198. The quantitative estimate of drug-likeness (QED) is 0.754. The molecule has 0 aliphatic heterocycles. The van der Waals surface area contributed by atoms with Crippen LogP contribution in [0.1, 0.15) is 18.4 Å². The van der Waals surface area contributed by atoms with E-state index in [0.29, 0.717) is 17.9 Å². The van der Waals surface area contributed by atoms with Gasteiger partial charge in [0, 0.05) is 11.4 Å². The lowest BCUT2D eigenvalue weighted by molar-refractivity contribution is -0.146. The molecule has 0 aliphatic rings. The maximum atomic E-state index is 11.7. The molecule has 104 valence electrons. The summed E-state index contributed by atoms with van der Waals surface area (Å²) >= 11 is 5.81. The van der Waals surface area contributed by atoms with Crippen molar-refractivity contribution in [3.63, 3.8) is 0 Å². The molecule has 0 radical (unpaired) electrons. The lowest BCUT2D eigenvalue weighted by Crippen LogP contribution is -2.20. The molecule has 0 spiro atoms. The van der Waals surface area contributed by atoms with E-state index >= 15 is 0 Å². The van der Waals surface area contributed by atoms with Gasteiger partial charge in [0.1, 0.15) is 0 Å². The van der Waals surface area contributed by atoms with Crippen molar-refractivity contribution in [2.45, 2.75) is 19.3 Å². The van der Waals surface area contributed by atoms with Gasteiger partial charge in [-0.3, -0.25) is 9.59 Å². The Morgan fingerprint density at radius 2 is 1.79 bits per heavy atom. The van der Waals surface area contributed by atoms with E-state index in [0.717, 1.165) is 5.56 Å². The van der Waals surface area contributed by atoms with E-state index in [4.69, 9.17) is 16.3 Å². The molecule has 0 bridgehead atoms. The maximum Gasteiger partial charge on any atom is 0.309 e. The van der Waals surface area contributed by atoms with Crippen LogP contribution in [0.15, 0.2) is 24.3 Å². The van der Waals surface area contributed by atoms with Gasteiger partial charge >= 0.3 is 11.9 Å². The average molecular weight is 285 g/mol. The second-order valence-electron chi connectivity index (χ2n) is 4.17. The summed E-state index contributed by atoms with van der Waals surface area (Å²) in [4.78, 5) is 22.8. The number of benzene rings is 1. The summed E-state index contributed by atoms with van der Waals surface area (Å²) in [6.45, 7) is 0. The van der Waals surface area contributed by atoms with Crippen molar-refractivity contribution in [3.8, 4) is 0 Å². The van der Waals surface area contributed by atoms with Gasteiger partial charge in [-0.15, -0.1) is 0 Å². The zero-order valence-electron chi connectivity index (χ0n) is 11.0. The normalized spacial score (nSPS) is 11.7.